The molecule has 0 aliphatic rings. The Hall–Kier alpha value is -3.26. The Morgan fingerprint density at radius 2 is 1.71 bits per heavy atom. The van der Waals surface area contributed by atoms with Gasteiger partial charge in [0, 0.05) is 16.8 Å². The molecule has 0 fully saturated rings. The van der Waals surface area contributed by atoms with Gasteiger partial charge in [0.1, 0.15) is 10.6 Å². The number of aromatic nitrogens is 2. The van der Waals surface area contributed by atoms with Gasteiger partial charge in [0.15, 0.2) is 0 Å². The minimum absolute atomic E-state index is 0.344. The van der Waals surface area contributed by atoms with E-state index in [1.165, 1.54) is 11.3 Å². The highest BCUT2D eigenvalue weighted by Crippen LogP contribution is 2.26. The lowest BCUT2D eigenvalue weighted by Crippen LogP contribution is -2.27. The van der Waals surface area contributed by atoms with E-state index in [4.69, 9.17) is 4.74 Å². The Kier molecular flexibility index (Phi) is 5.70. The first kappa shape index (κ1) is 19.5. The van der Waals surface area contributed by atoms with Gasteiger partial charge in [-0.25, -0.2) is 4.79 Å². The van der Waals surface area contributed by atoms with E-state index in [1.54, 1.807) is 45.0 Å². The maximum absolute atomic E-state index is 12.5. The minimum atomic E-state index is -0.604. The predicted octanol–water partition coefficient (Wildman–Crippen LogP) is 4.80. The van der Waals surface area contributed by atoms with Crippen LogP contribution in [0.2, 0.25) is 0 Å². The molecule has 0 saturated heterocycles. The molecule has 0 spiro atoms. The molecule has 0 atom stereocenters. The third-order valence-electron chi connectivity index (χ3n) is 3.44. The molecule has 8 heteroatoms. The highest BCUT2D eigenvalue weighted by atomic mass is 32.1. The second-order valence-electron chi connectivity index (χ2n) is 6.94. The summed E-state index contributed by atoms with van der Waals surface area (Å²) in [6.45, 7) is 5.34. The van der Waals surface area contributed by atoms with Crippen LogP contribution in [0.5, 0.6) is 0 Å². The average Bonchev–Trinajstić information content (AvgIpc) is 3.09. The first-order valence-electron chi connectivity index (χ1n) is 8.60. The number of amides is 2. The molecule has 3 aromatic rings. The van der Waals surface area contributed by atoms with E-state index in [-0.39, 0.29) is 5.91 Å². The number of carbonyl (C=O) groups is 2. The van der Waals surface area contributed by atoms with Crippen molar-refractivity contribution in [2.24, 2.45) is 0 Å². The zero-order chi connectivity index (χ0) is 20.1. The van der Waals surface area contributed by atoms with Gasteiger partial charge in [-0.05, 0) is 39.0 Å². The van der Waals surface area contributed by atoms with Gasteiger partial charge in [0.05, 0.1) is 0 Å². The van der Waals surface area contributed by atoms with Crippen molar-refractivity contribution in [3.05, 3.63) is 60.2 Å². The largest absolute Gasteiger partial charge is 0.444 e. The van der Waals surface area contributed by atoms with Crippen LogP contribution in [-0.2, 0) is 4.74 Å². The van der Waals surface area contributed by atoms with Gasteiger partial charge in [-0.1, -0.05) is 47.7 Å². The Bertz CT molecular complexity index is 980. The summed E-state index contributed by atoms with van der Waals surface area (Å²) in [5.74, 6) is -0.344. The van der Waals surface area contributed by atoms with Crippen molar-refractivity contribution in [2.45, 2.75) is 26.4 Å². The van der Waals surface area contributed by atoms with Crippen LogP contribution >= 0.6 is 11.3 Å². The summed E-state index contributed by atoms with van der Waals surface area (Å²) in [4.78, 5) is 24.4. The number of nitrogens with one attached hydrogen (secondary N) is 2. The van der Waals surface area contributed by atoms with Crippen LogP contribution in [0.25, 0.3) is 10.6 Å². The molecule has 0 radical (unpaired) electrons. The van der Waals surface area contributed by atoms with Crippen molar-refractivity contribution in [2.75, 3.05) is 10.6 Å². The Balaban J connectivity index is 1.67. The molecule has 1 aromatic heterocycles. The number of rotatable bonds is 4. The van der Waals surface area contributed by atoms with Crippen LogP contribution in [0.4, 0.5) is 15.6 Å². The minimum Gasteiger partial charge on any atom is -0.444 e. The SMILES string of the molecule is CC(C)(C)OC(=O)Nc1cccc(C(=O)Nc2nnc(-c3ccccc3)s2)c1. The molecule has 3 rings (SSSR count). The number of anilines is 2. The Morgan fingerprint density at radius 3 is 2.43 bits per heavy atom. The summed E-state index contributed by atoms with van der Waals surface area (Å²) in [7, 11) is 0. The summed E-state index contributed by atoms with van der Waals surface area (Å²) < 4.78 is 5.22. The van der Waals surface area contributed by atoms with Crippen LogP contribution in [0.15, 0.2) is 54.6 Å². The zero-order valence-corrected chi connectivity index (χ0v) is 16.5. The van der Waals surface area contributed by atoms with E-state index in [9.17, 15) is 9.59 Å². The van der Waals surface area contributed by atoms with Crippen molar-refractivity contribution < 1.29 is 14.3 Å². The van der Waals surface area contributed by atoms with Gasteiger partial charge >= 0.3 is 6.09 Å². The van der Waals surface area contributed by atoms with Gasteiger partial charge in [0.2, 0.25) is 5.13 Å². The van der Waals surface area contributed by atoms with Crippen LogP contribution < -0.4 is 10.6 Å². The normalized spacial score (nSPS) is 11.0. The van der Waals surface area contributed by atoms with Crippen molar-refractivity contribution in [3.63, 3.8) is 0 Å². The van der Waals surface area contributed by atoms with Crippen LogP contribution in [0, 0.1) is 0 Å². The summed E-state index contributed by atoms with van der Waals surface area (Å²) in [6, 6.07) is 16.2. The fourth-order valence-corrected chi connectivity index (χ4v) is 3.04. The number of carbonyl (C=O) groups excluding carboxylic acids is 2. The molecular formula is C20H20N4O3S. The lowest BCUT2D eigenvalue weighted by molar-refractivity contribution is 0.0635. The van der Waals surface area contributed by atoms with Crippen molar-refractivity contribution in [1.82, 2.24) is 10.2 Å². The van der Waals surface area contributed by atoms with Crippen molar-refractivity contribution in [1.29, 1.82) is 0 Å². The maximum Gasteiger partial charge on any atom is 0.412 e. The lowest BCUT2D eigenvalue weighted by Gasteiger charge is -2.19. The van der Waals surface area contributed by atoms with Gasteiger partial charge in [-0.2, -0.15) is 0 Å². The highest BCUT2D eigenvalue weighted by molar-refractivity contribution is 7.18. The van der Waals surface area contributed by atoms with Gasteiger partial charge in [-0.3, -0.25) is 15.4 Å². The van der Waals surface area contributed by atoms with Gasteiger partial charge in [-0.15, -0.1) is 10.2 Å². The van der Waals surface area contributed by atoms with Crippen LogP contribution in [0.1, 0.15) is 31.1 Å². The molecule has 28 heavy (non-hydrogen) atoms. The average molecular weight is 396 g/mol. The zero-order valence-electron chi connectivity index (χ0n) is 15.7. The smallest absolute Gasteiger partial charge is 0.412 e. The fraction of sp³-hybridized carbons (Fsp3) is 0.200. The number of ether oxygens (including phenoxy) is 1. The molecule has 1 heterocycles. The van der Waals surface area contributed by atoms with E-state index in [0.717, 1.165) is 10.6 Å². The number of benzene rings is 2. The summed E-state index contributed by atoms with van der Waals surface area (Å²) in [5, 5.41) is 14.6. The van der Waals surface area contributed by atoms with Crippen molar-refractivity contribution >= 4 is 34.2 Å². The molecule has 2 N–H and O–H groups in total. The van der Waals surface area contributed by atoms with Crippen molar-refractivity contribution in [3.8, 4) is 10.6 Å². The third-order valence-corrected chi connectivity index (χ3v) is 4.32. The molecule has 2 amide bonds. The van der Waals surface area contributed by atoms with Gasteiger partial charge < -0.3 is 4.74 Å². The molecule has 0 saturated carbocycles. The lowest BCUT2D eigenvalue weighted by atomic mass is 10.2. The van der Waals surface area contributed by atoms with E-state index in [2.05, 4.69) is 20.8 Å². The summed E-state index contributed by atoms with van der Waals surface area (Å²) >= 11 is 1.29. The molecule has 2 aromatic carbocycles. The topological polar surface area (TPSA) is 93.2 Å². The van der Waals surface area contributed by atoms with Crippen LogP contribution in [0.3, 0.4) is 0 Å². The van der Waals surface area contributed by atoms with E-state index in [0.29, 0.717) is 16.4 Å². The Morgan fingerprint density at radius 1 is 0.964 bits per heavy atom. The fourth-order valence-electron chi connectivity index (χ4n) is 2.30. The van der Waals surface area contributed by atoms with E-state index < -0.39 is 11.7 Å². The predicted molar refractivity (Wildman–Crippen MR) is 110 cm³/mol. The molecule has 144 valence electrons. The number of hydrogen-bond donors (Lipinski definition) is 2. The molecular weight excluding hydrogens is 376 g/mol. The quantitative estimate of drug-likeness (QED) is 0.660. The van der Waals surface area contributed by atoms with E-state index in [1.807, 2.05) is 30.3 Å². The standard InChI is InChI=1S/C20H20N4O3S/c1-20(2,3)27-19(26)21-15-11-7-10-14(12-15)16(25)22-18-24-23-17(28-18)13-8-5-4-6-9-13/h4-12H,1-3H3,(H,21,26)(H,22,24,25). The maximum atomic E-state index is 12.5. The Labute approximate surface area is 166 Å². The third kappa shape index (κ3) is 5.37. The number of nitrogens with zero attached hydrogens (tertiary/aromatic N) is 2. The van der Waals surface area contributed by atoms with E-state index >= 15 is 0 Å². The van der Waals surface area contributed by atoms with Crippen LogP contribution in [-0.4, -0.2) is 27.8 Å². The first-order chi connectivity index (χ1) is 13.3. The molecule has 0 bridgehead atoms. The highest BCUT2D eigenvalue weighted by Gasteiger charge is 2.17. The molecule has 0 aliphatic carbocycles. The second-order valence-corrected chi connectivity index (χ2v) is 7.92. The molecule has 7 nitrogen and oxygen atoms in total. The summed E-state index contributed by atoms with van der Waals surface area (Å²) in [5.41, 5.74) is 1.17. The second kappa shape index (κ2) is 8.18. The summed E-state index contributed by atoms with van der Waals surface area (Å²) in [6.07, 6.45) is -0.582. The monoisotopic (exact) mass is 396 g/mol. The van der Waals surface area contributed by atoms with Gasteiger partial charge in [0.25, 0.3) is 5.91 Å². The first-order valence-corrected chi connectivity index (χ1v) is 9.42. The molecule has 0 unspecified atom stereocenters. The number of hydrogen-bond acceptors (Lipinski definition) is 6. The molecule has 0 aliphatic heterocycles.